The van der Waals surface area contributed by atoms with Crippen molar-refractivity contribution in [2.45, 2.75) is 20.8 Å². The second kappa shape index (κ2) is 8.55. The van der Waals surface area contributed by atoms with Crippen LogP contribution in [-0.2, 0) is 0 Å². The van der Waals surface area contributed by atoms with Crippen LogP contribution < -0.4 is 9.64 Å². The topological polar surface area (TPSA) is 73.2 Å². The van der Waals surface area contributed by atoms with Gasteiger partial charge in [0.2, 0.25) is 0 Å². The highest BCUT2D eigenvalue weighted by Crippen LogP contribution is 2.47. The lowest BCUT2D eigenvalue weighted by atomic mass is 10.1. The van der Waals surface area contributed by atoms with E-state index >= 15 is 0 Å². The lowest BCUT2D eigenvalue weighted by Crippen LogP contribution is -2.13. The molecule has 5 heteroatoms. The molecule has 4 rings (SSSR count). The minimum absolute atomic E-state index is 0.0495. The smallest absolute Gasteiger partial charge is 0.172 e. The Balaban J connectivity index is 1.96. The largest absolute Gasteiger partial charge is 0.508 e. The summed E-state index contributed by atoms with van der Waals surface area (Å²) in [6, 6.07) is 23.3. The summed E-state index contributed by atoms with van der Waals surface area (Å²) in [5.41, 5.74) is 4.34. The van der Waals surface area contributed by atoms with Gasteiger partial charge in [-0.1, -0.05) is 36.4 Å². The normalized spacial score (nSPS) is 10.7. The number of anilines is 3. The van der Waals surface area contributed by atoms with E-state index in [-0.39, 0.29) is 17.2 Å². The highest BCUT2D eigenvalue weighted by Gasteiger charge is 2.23. The number of aromatic hydroxyl groups is 3. The van der Waals surface area contributed by atoms with Crippen LogP contribution >= 0.6 is 0 Å². The Morgan fingerprint density at radius 1 is 0.562 bits per heavy atom. The van der Waals surface area contributed by atoms with E-state index in [2.05, 4.69) is 0 Å². The van der Waals surface area contributed by atoms with E-state index in [9.17, 15) is 15.3 Å². The van der Waals surface area contributed by atoms with Crippen LogP contribution in [0.3, 0.4) is 0 Å². The Hall–Kier alpha value is -4.12. The second-order valence-corrected chi connectivity index (χ2v) is 7.67. The van der Waals surface area contributed by atoms with Gasteiger partial charge in [-0.3, -0.25) is 0 Å². The number of phenols is 3. The third-order valence-corrected chi connectivity index (χ3v) is 5.54. The van der Waals surface area contributed by atoms with Crippen LogP contribution in [0, 0.1) is 20.8 Å². The van der Waals surface area contributed by atoms with Gasteiger partial charge in [-0.2, -0.15) is 0 Å². The first kappa shape index (κ1) is 21.1. The Bertz CT molecular complexity index is 1210. The molecule has 0 aliphatic carbocycles. The van der Waals surface area contributed by atoms with Crippen LogP contribution in [-0.4, -0.2) is 15.3 Å². The lowest BCUT2D eigenvalue weighted by molar-refractivity contribution is 0.409. The molecule has 0 atom stereocenters. The van der Waals surface area contributed by atoms with Gasteiger partial charge in [0, 0.05) is 11.1 Å². The summed E-state index contributed by atoms with van der Waals surface area (Å²) < 4.78 is 6.22. The van der Waals surface area contributed by atoms with Crippen LogP contribution in [0.15, 0.2) is 78.9 Å². The molecule has 0 aliphatic rings. The first-order valence-electron chi connectivity index (χ1n) is 10.3. The molecule has 0 aliphatic heterocycles. The number of nitrogens with zero attached hydrogens (tertiary/aromatic N) is 1. The van der Waals surface area contributed by atoms with Gasteiger partial charge in [0.25, 0.3) is 0 Å². The van der Waals surface area contributed by atoms with E-state index in [0.717, 1.165) is 16.9 Å². The zero-order chi connectivity index (χ0) is 22.8. The van der Waals surface area contributed by atoms with Gasteiger partial charge in [-0.15, -0.1) is 0 Å². The van der Waals surface area contributed by atoms with Crippen molar-refractivity contribution in [1.82, 2.24) is 0 Å². The third-order valence-electron chi connectivity index (χ3n) is 5.54. The molecule has 32 heavy (non-hydrogen) atoms. The molecule has 0 saturated carbocycles. The van der Waals surface area contributed by atoms with Gasteiger partial charge in [-0.05, 0) is 68.8 Å². The van der Waals surface area contributed by atoms with Crippen molar-refractivity contribution in [3.63, 3.8) is 0 Å². The van der Waals surface area contributed by atoms with Gasteiger partial charge < -0.3 is 25.0 Å². The molecule has 4 aromatic rings. The standard InChI is InChI=1S/C27H25NO4/c1-17-9-6-15-25(31)27(17)32-26-16-5-4-10-22(26)28(20-11-7-13-23(29)18(20)2)21-12-8-14-24(30)19(21)3/h4-16,29-31H,1-3H3. The first-order chi connectivity index (χ1) is 15.4. The Labute approximate surface area is 187 Å². The van der Waals surface area contributed by atoms with Crippen molar-refractivity contribution in [1.29, 1.82) is 0 Å². The van der Waals surface area contributed by atoms with Crippen LogP contribution in [0.1, 0.15) is 16.7 Å². The zero-order valence-electron chi connectivity index (χ0n) is 18.2. The number of phenolic OH excluding ortho intramolecular Hbond substituents is 3. The first-order valence-corrected chi connectivity index (χ1v) is 10.3. The van der Waals surface area contributed by atoms with Crippen molar-refractivity contribution >= 4 is 17.1 Å². The Kier molecular flexibility index (Phi) is 5.65. The van der Waals surface area contributed by atoms with Crippen LogP contribution in [0.5, 0.6) is 28.7 Å². The molecule has 0 unspecified atom stereocenters. The predicted molar refractivity (Wildman–Crippen MR) is 127 cm³/mol. The van der Waals surface area contributed by atoms with Crippen LogP contribution in [0.4, 0.5) is 17.1 Å². The summed E-state index contributed by atoms with van der Waals surface area (Å²) >= 11 is 0. The van der Waals surface area contributed by atoms with Crippen molar-refractivity contribution < 1.29 is 20.1 Å². The molecule has 0 radical (unpaired) electrons. The van der Waals surface area contributed by atoms with E-state index in [1.54, 1.807) is 36.4 Å². The number of ether oxygens (including phenoxy) is 1. The van der Waals surface area contributed by atoms with Crippen LogP contribution in [0.25, 0.3) is 0 Å². The summed E-state index contributed by atoms with van der Waals surface area (Å²) in [6.07, 6.45) is 0. The molecular weight excluding hydrogens is 402 g/mol. The van der Waals surface area contributed by atoms with E-state index in [0.29, 0.717) is 28.3 Å². The number of hydrogen-bond acceptors (Lipinski definition) is 5. The molecule has 0 aromatic heterocycles. The Morgan fingerprint density at radius 3 is 1.66 bits per heavy atom. The zero-order valence-corrected chi connectivity index (χ0v) is 18.2. The van der Waals surface area contributed by atoms with Gasteiger partial charge >= 0.3 is 0 Å². The number of para-hydroxylation sites is 3. The fourth-order valence-electron chi connectivity index (χ4n) is 3.70. The molecule has 4 aromatic carbocycles. The summed E-state index contributed by atoms with van der Waals surface area (Å²) in [5.74, 6) is 1.27. The van der Waals surface area contributed by atoms with Crippen molar-refractivity contribution in [2.24, 2.45) is 0 Å². The van der Waals surface area contributed by atoms with E-state index in [1.807, 2.05) is 68.1 Å². The molecule has 0 spiro atoms. The average molecular weight is 428 g/mol. The number of benzene rings is 4. The highest BCUT2D eigenvalue weighted by atomic mass is 16.5. The number of rotatable bonds is 5. The van der Waals surface area contributed by atoms with Gasteiger partial charge in [0.05, 0.1) is 17.1 Å². The van der Waals surface area contributed by atoms with Crippen molar-refractivity contribution in [3.05, 3.63) is 95.6 Å². The van der Waals surface area contributed by atoms with E-state index < -0.39 is 0 Å². The van der Waals surface area contributed by atoms with Gasteiger partial charge in [-0.25, -0.2) is 0 Å². The minimum Gasteiger partial charge on any atom is -0.508 e. The van der Waals surface area contributed by atoms with Crippen molar-refractivity contribution in [3.8, 4) is 28.7 Å². The van der Waals surface area contributed by atoms with Gasteiger partial charge in [0.15, 0.2) is 17.2 Å². The predicted octanol–water partition coefficient (Wildman–Crippen LogP) is 6.99. The molecule has 0 bridgehead atoms. The second-order valence-electron chi connectivity index (χ2n) is 7.67. The number of aryl methyl sites for hydroxylation is 1. The fraction of sp³-hybridized carbons (Fsp3) is 0.111. The minimum atomic E-state index is 0.0495. The lowest BCUT2D eigenvalue weighted by Gasteiger charge is -2.30. The average Bonchev–Trinajstić information content (AvgIpc) is 2.78. The molecule has 0 saturated heterocycles. The summed E-state index contributed by atoms with van der Waals surface area (Å²) in [4.78, 5) is 1.94. The summed E-state index contributed by atoms with van der Waals surface area (Å²) in [6.45, 7) is 5.55. The maximum absolute atomic E-state index is 10.4. The van der Waals surface area contributed by atoms with E-state index in [4.69, 9.17) is 4.74 Å². The summed E-state index contributed by atoms with van der Waals surface area (Å²) in [7, 11) is 0. The molecule has 0 fully saturated rings. The molecular formula is C27H25NO4. The molecule has 0 amide bonds. The molecule has 3 N–H and O–H groups in total. The fourth-order valence-corrected chi connectivity index (χ4v) is 3.70. The highest BCUT2D eigenvalue weighted by molar-refractivity contribution is 5.84. The maximum atomic E-state index is 10.4. The van der Waals surface area contributed by atoms with Gasteiger partial charge in [0.1, 0.15) is 11.5 Å². The SMILES string of the molecule is Cc1cccc(O)c1Oc1ccccc1N(c1cccc(O)c1C)c1cccc(O)c1C. The maximum Gasteiger partial charge on any atom is 0.172 e. The quantitative estimate of drug-likeness (QED) is 0.320. The summed E-state index contributed by atoms with van der Waals surface area (Å²) in [5, 5.41) is 31.2. The Morgan fingerprint density at radius 2 is 1.06 bits per heavy atom. The monoisotopic (exact) mass is 427 g/mol. The van der Waals surface area contributed by atoms with Crippen molar-refractivity contribution in [2.75, 3.05) is 4.90 Å². The van der Waals surface area contributed by atoms with E-state index in [1.165, 1.54) is 0 Å². The molecule has 0 heterocycles. The molecule has 162 valence electrons. The number of hydrogen-bond donors (Lipinski definition) is 3. The van der Waals surface area contributed by atoms with Crippen LogP contribution in [0.2, 0.25) is 0 Å². The molecule has 5 nitrogen and oxygen atoms in total. The third kappa shape index (κ3) is 3.81.